The minimum Gasteiger partial charge on any atom is -0.478 e. The van der Waals surface area contributed by atoms with Gasteiger partial charge in [-0.1, -0.05) is 74.3 Å². The van der Waals surface area contributed by atoms with Gasteiger partial charge >= 0.3 is 5.97 Å². The first-order valence-corrected chi connectivity index (χ1v) is 10.3. The third-order valence-corrected chi connectivity index (χ3v) is 5.98. The molecule has 0 bridgehead atoms. The second-order valence-electron chi connectivity index (χ2n) is 6.50. The van der Waals surface area contributed by atoms with Gasteiger partial charge in [-0.05, 0) is 41.5 Å². The van der Waals surface area contributed by atoms with Crippen LogP contribution in [0.1, 0.15) is 39.1 Å². The molecule has 3 aromatic carbocycles. The molecule has 0 amide bonds. The summed E-state index contributed by atoms with van der Waals surface area (Å²) in [5, 5.41) is 12.7. The van der Waals surface area contributed by atoms with Crippen molar-refractivity contribution in [2.45, 2.75) is 12.1 Å². The molecule has 28 heavy (non-hydrogen) atoms. The molecule has 0 aromatic heterocycles. The van der Waals surface area contributed by atoms with Crippen molar-refractivity contribution in [2.24, 2.45) is 4.99 Å². The molecule has 0 saturated carbocycles. The second-order valence-corrected chi connectivity index (χ2v) is 8.27. The lowest BCUT2D eigenvalue weighted by molar-refractivity contribution is 0.0697. The molecule has 6 heteroatoms. The van der Waals surface area contributed by atoms with Crippen molar-refractivity contribution in [3.63, 3.8) is 0 Å². The number of aromatic carboxylic acids is 1. The average molecular weight is 500 g/mol. The summed E-state index contributed by atoms with van der Waals surface area (Å²) in [6.45, 7) is 0. The van der Waals surface area contributed by atoms with Crippen LogP contribution in [0.25, 0.3) is 0 Å². The summed E-state index contributed by atoms with van der Waals surface area (Å²) in [5.41, 5.74) is 3.35. The highest BCUT2D eigenvalue weighted by Crippen LogP contribution is 2.39. The number of aliphatic imine (C=N–C) groups is 1. The van der Waals surface area contributed by atoms with E-state index in [4.69, 9.17) is 10.1 Å². The number of amidine groups is 1. The molecule has 140 valence electrons. The fraction of sp³-hybridized carbons (Fsp3) is 0.0909. The number of nitrogens with zero attached hydrogens (tertiary/aromatic N) is 1. The molecule has 2 atom stereocenters. The number of carbonyl (C=O) groups is 1. The van der Waals surface area contributed by atoms with Crippen LogP contribution in [0.15, 0.2) is 86.7 Å². The van der Waals surface area contributed by atoms with Gasteiger partial charge in [0.1, 0.15) is 11.9 Å². The normalized spacial score (nSPS) is 18.4. The first-order valence-electron chi connectivity index (χ1n) is 8.71. The minimum absolute atomic E-state index is 0.0362. The molecule has 0 saturated heterocycles. The van der Waals surface area contributed by atoms with E-state index in [1.165, 1.54) is 0 Å². The summed E-state index contributed by atoms with van der Waals surface area (Å²) in [6.07, 6.45) is 0. The molecule has 1 aliphatic heterocycles. The van der Waals surface area contributed by atoms with Crippen molar-refractivity contribution in [1.29, 1.82) is 0 Å². The van der Waals surface area contributed by atoms with Gasteiger partial charge in [-0.15, -0.1) is 0 Å². The summed E-state index contributed by atoms with van der Waals surface area (Å²) in [4.78, 5) is 16.1. The van der Waals surface area contributed by atoms with Crippen molar-refractivity contribution in [1.82, 2.24) is 5.32 Å². The third kappa shape index (κ3) is 3.75. The number of hydrogen-bond donors (Lipinski definition) is 2. The SMILES string of the molecule is O=C(O)c1ccc(C2=NC(c3ccc(Br)cc3)C(c3ccccc3Br)N2)cc1. The molecule has 0 spiro atoms. The Bertz CT molecular complexity index is 1050. The van der Waals surface area contributed by atoms with Crippen LogP contribution in [0.2, 0.25) is 0 Å². The highest BCUT2D eigenvalue weighted by molar-refractivity contribution is 9.10. The van der Waals surface area contributed by atoms with E-state index >= 15 is 0 Å². The standard InChI is InChI=1S/C22H16Br2N2O2/c23-16-11-9-13(10-12-16)19-20(17-3-1-2-4-18(17)24)26-21(25-19)14-5-7-15(8-6-14)22(27)28/h1-12,19-20H,(H,25,26)(H,27,28). The third-order valence-electron chi connectivity index (χ3n) is 4.73. The van der Waals surface area contributed by atoms with Crippen LogP contribution in [-0.2, 0) is 0 Å². The minimum atomic E-state index is -0.938. The number of hydrogen-bond acceptors (Lipinski definition) is 3. The van der Waals surface area contributed by atoms with Gasteiger partial charge in [0, 0.05) is 14.5 Å². The molecule has 2 N–H and O–H groups in total. The molecular weight excluding hydrogens is 484 g/mol. The van der Waals surface area contributed by atoms with Crippen LogP contribution < -0.4 is 5.32 Å². The predicted octanol–water partition coefficient (Wildman–Crippen LogP) is 5.74. The van der Waals surface area contributed by atoms with E-state index < -0.39 is 5.97 Å². The van der Waals surface area contributed by atoms with Gasteiger partial charge < -0.3 is 10.4 Å². The quantitative estimate of drug-likeness (QED) is 0.481. The Morgan fingerprint density at radius 3 is 2.25 bits per heavy atom. The summed E-state index contributed by atoms with van der Waals surface area (Å²) in [6, 6.07) is 22.9. The largest absolute Gasteiger partial charge is 0.478 e. The van der Waals surface area contributed by atoms with Gasteiger partial charge in [0.25, 0.3) is 0 Å². The maximum absolute atomic E-state index is 11.1. The van der Waals surface area contributed by atoms with Crippen molar-refractivity contribution < 1.29 is 9.90 Å². The smallest absolute Gasteiger partial charge is 0.335 e. The highest BCUT2D eigenvalue weighted by Gasteiger charge is 2.32. The number of carboxylic acids is 1. The summed E-state index contributed by atoms with van der Waals surface area (Å²) >= 11 is 7.14. The van der Waals surface area contributed by atoms with Gasteiger partial charge in [0.15, 0.2) is 0 Å². The van der Waals surface area contributed by atoms with Crippen LogP contribution in [0.3, 0.4) is 0 Å². The summed E-state index contributed by atoms with van der Waals surface area (Å²) in [5.74, 6) is -0.183. The Balaban J connectivity index is 1.74. The van der Waals surface area contributed by atoms with Gasteiger partial charge in [-0.2, -0.15) is 0 Å². The zero-order valence-electron chi connectivity index (χ0n) is 14.6. The second kappa shape index (κ2) is 7.89. The zero-order chi connectivity index (χ0) is 19.7. The van der Waals surface area contributed by atoms with Gasteiger partial charge in [-0.3, -0.25) is 4.99 Å². The lowest BCUT2D eigenvalue weighted by atomic mass is 9.95. The molecule has 2 unspecified atom stereocenters. The summed E-state index contributed by atoms with van der Waals surface area (Å²) < 4.78 is 2.04. The number of carboxylic acid groups (broad SMARTS) is 1. The Hall–Kier alpha value is -2.44. The number of benzene rings is 3. The van der Waals surface area contributed by atoms with Crippen LogP contribution in [0.5, 0.6) is 0 Å². The van der Waals surface area contributed by atoms with Crippen LogP contribution >= 0.6 is 31.9 Å². The van der Waals surface area contributed by atoms with Crippen LogP contribution in [0.4, 0.5) is 0 Å². The first-order chi connectivity index (χ1) is 13.5. The lowest BCUT2D eigenvalue weighted by Gasteiger charge is -2.21. The molecule has 4 rings (SSSR count). The Labute approximate surface area is 179 Å². The summed E-state index contributed by atoms with van der Waals surface area (Å²) in [7, 11) is 0. The molecule has 1 heterocycles. The van der Waals surface area contributed by atoms with E-state index in [-0.39, 0.29) is 17.6 Å². The first kappa shape index (κ1) is 18.9. The molecule has 0 aliphatic carbocycles. The van der Waals surface area contributed by atoms with Gasteiger partial charge in [0.2, 0.25) is 0 Å². The molecule has 0 radical (unpaired) electrons. The Morgan fingerprint density at radius 2 is 1.61 bits per heavy atom. The van der Waals surface area contributed by atoms with Crippen molar-refractivity contribution in [3.05, 3.63) is 104 Å². The maximum atomic E-state index is 11.1. The fourth-order valence-corrected chi connectivity index (χ4v) is 4.10. The lowest BCUT2D eigenvalue weighted by Crippen LogP contribution is -2.25. The molecule has 4 nitrogen and oxygen atoms in total. The molecular formula is C22H16Br2N2O2. The number of halogens is 2. The van der Waals surface area contributed by atoms with Crippen molar-refractivity contribution in [2.75, 3.05) is 0 Å². The monoisotopic (exact) mass is 498 g/mol. The number of rotatable bonds is 4. The van der Waals surface area contributed by atoms with Crippen LogP contribution in [-0.4, -0.2) is 16.9 Å². The maximum Gasteiger partial charge on any atom is 0.335 e. The molecule has 1 aliphatic rings. The Kier molecular flexibility index (Phi) is 5.33. The van der Waals surface area contributed by atoms with E-state index in [9.17, 15) is 4.79 Å². The Morgan fingerprint density at radius 1 is 0.929 bits per heavy atom. The topological polar surface area (TPSA) is 61.7 Å². The fourth-order valence-electron chi connectivity index (χ4n) is 3.31. The van der Waals surface area contributed by atoms with Crippen LogP contribution in [0, 0.1) is 0 Å². The molecule has 0 fully saturated rings. The van der Waals surface area contributed by atoms with E-state index in [2.05, 4.69) is 55.4 Å². The van der Waals surface area contributed by atoms with E-state index in [1.807, 2.05) is 30.3 Å². The predicted molar refractivity (Wildman–Crippen MR) is 117 cm³/mol. The van der Waals surface area contributed by atoms with E-state index in [1.54, 1.807) is 24.3 Å². The zero-order valence-corrected chi connectivity index (χ0v) is 17.8. The van der Waals surface area contributed by atoms with Gasteiger partial charge in [0.05, 0.1) is 11.6 Å². The van der Waals surface area contributed by atoms with Crippen molar-refractivity contribution in [3.8, 4) is 0 Å². The average Bonchev–Trinajstić information content (AvgIpc) is 3.14. The van der Waals surface area contributed by atoms with Crippen molar-refractivity contribution >= 4 is 43.7 Å². The molecule has 3 aromatic rings. The number of nitrogens with one attached hydrogen (secondary N) is 1. The van der Waals surface area contributed by atoms with E-state index in [0.29, 0.717) is 0 Å². The van der Waals surface area contributed by atoms with Gasteiger partial charge in [-0.25, -0.2) is 4.79 Å². The van der Waals surface area contributed by atoms with E-state index in [0.717, 1.165) is 31.5 Å². The highest BCUT2D eigenvalue weighted by atomic mass is 79.9.